The van der Waals surface area contributed by atoms with Crippen LogP contribution < -0.4 is 5.32 Å². The molecule has 0 aliphatic heterocycles. The zero-order chi connectivity index (χ0) is 24.0. The first kappa shape index (κ1) is 30.7. The lowest BCUT2D eigenvalue weighted by Crippen LogP contribution is -2.46. The molecule has 5 nitrogen and oxygen atoms in total. The normalized spacial score (nSPS) is 13.1. The first-order valence-corrected chi connectivity index (χ1v) is 13.5. The van der Waals surface area contributed by atoms with Crippen LogP contribution in [0.4, 0.5) is 4.79 Å². The Hall–Kier alpha value is -1.26. The van der Waals surface area contributed by atoms with E-state index < -0.39 is 12.1 Å². The van der Waals surface area contributed by atoms with Crippen LogP contribution in [-0.4, -0.2) is 31.3 Å². The Morgan fingerprint density at radius 3 is 1.59 bits per heavy atom. The van der Waals surface area contributed by atoms with E-state index in [1.54, 1.807) is 0 Å². The molecule has 0 saturated carbocycles. The Balaban J connectivity index is 3.76. The van der Waals surface area contributed by atoms with Crippen molar-refractivity contribution in [1.82, 2.24) is 5.32 Å². The Kier molecular flexibility index (Phi) is 20.7. The molecule has 0 spiro atoms. The number of carbonyl (C=O) groups is 2. The van der Waals surface area contributed by atoms with Crippen LogP contribution in [0.2, 0.25) is 0 Å². The lowest BCUT2D eigenvalue weighted by Gasteiger charge is -2.22. The van der Waals surface area contributed by atoms with Crippen molar-refractivity contribution in [2.24, 2.45) is 11.8 Å². The van der Waals surface area contributed by atoms with Crippen molar-refractivity contribution in [3.05, 3.63) is 0 Å². The van der Waals surface area contributed by atoms with Gasteiger partial charge in [0.25, 0.3) is 0 Å². The summed E-state index contributed by atoms with van der Waals surface area (Å²) in [6.45, 7) is 10.9. The molecular formula is C27H53NO4. The van der Waals surface area contributed by atoms with E-state index in [1.165, 1.54) is 77.0 Å². The first-order valence-electron chi connectivity index (χ1n) is 13.5. The summed E-state index contributed by atoms with van der Waals surface area (Å²) in [5, 5.41) is 2.69. The number of unbranched alkanes of at least 4 members (excludes halogenated alkanes) is 13. The topological polar surface area (TPSA) is 64.6 Å². The van der Waals surface area contributed by atoms with Gasteiger partial charge in [0.2, 0.25) is 0 Å². The van der Waals surface area contributed by atoms with E-state index in [1.807, 2.05) is 27.7 Å². The predicted octanol–water partition coefficient (Wildman–Crippen LogP) is 7.81. The second-order valence-corrected chi connectivity index (χ2v) is 9.76. The number of hydrogen-bond donors (Lipinski definition) is 1. The Labute approximate surface area is 198 Å². The van der Waals surface area contributed by atoms with Gasteiger partial charge in [-0.1, -0.05) is 125 Å². The van der Waals surface area contributed by atoms with Crippen LogP contribution in [0.25, 0.3) is 0 Å². The van der Waals surface area contributed by atoms with Crippen molar-refractivity contribution in [3.63, 3.8) is 0 Å². The van der Waals surface area contributed by atoms with Gasteiger partial charge in [0.15, 0.2) is 0 Å². The molecule has 0 heterocycles. The van der Waals surface area contributed by atoms with Crippen molar-refractivity contribution >= 4 is 12.1 Å². The summed E-state index contributed by atoms with van der Waals surface area (Å²) in [4.78, 5) is 24.4. The maximum Gasteiger partial charge on any atom is 0.407 e. The molecule has 0 aromatic carbocycles. The second kappa shape index (κ2) is 21.6. The summed E-state index contributed by atoms with van der Waals surface area (Å²) in [5.41, 5.74) is 0. The van der Waals surface area contributed by atoms with Gasteiger partial charge in [-0.25, -0.2) is 9.59 Å². The van der Waals surface area contributed by atoms with Crippen molar-refractivity contribution in [1.29, 1.82) is 0 Å². The van der Waals surface area contributed by atoms with E-state index in [4.69, 9.17) is 9.47 Å². The van der Waals surface area contributed by atoms with Crippen LogP contribution >= 0.6 is 0 Å². The van der Waals surface area contributed by atoms with Crippen LogP contribution in [0.5, 0.6) is 0 Å². The highest BCUT2D eigenvalue weighted by Crippen LogP contribution is 2.14. The van der Waals surface area contributed by atoms with Crippen molar-refractivity contribution < 1.29 is 19.1 Å². The average Bonchev–Trinajstić information content (AvgIpc) is 2.77. The summed E-state index contributed by atoms with van der Waals surface area (Å²) >= 11 is 0. The fourth-order valence-electron chi connectivity index (χ4n) is 3.64. The van der Waals surface area contributed by atoms with Gasteiger partial charge in [0, 0.05) is 0 Å². The summed E-state index contributed by atoms with van der Waals surface area (Å²) in [6, 6.07) is -0.647. The zero-order valence-electron chi connectivity index (χ0n) is 21.9. The van der Waals surface area contributed by atoms with Crippen LogP contribution in [0, 0.1) is 11.8 Å². The Morgan fingerprint density at radius 1 is 0.688 bits per heavy atom. The van der Waals surface area contributed by atoms with Gasteiger partial charge in [0.1, 0.15) is 6.04 Å². The molecule has 0 aliphatic rings. The fourth-order valence-corrected chi connectivity index (χ4v) is 3.64. The minimum Gasteiger partial charge on any atom is -0.464 e. The van der Waals surface area contributed by atoms with Gasteiger partial charge in [-0.2, -0.15) is 0 Å². The molecule has 0 rings (SSSR count). The molecule has 2 atom stereocenters. The third-order valence-electron chi connectivity index (χ3n) is 6.03. The molecule has 2 unspecified atom stereocenters. The van der Waals surface area contributed by atoms with E-state index >= 15 is 0 Å². The lowest BCUT2D eigenvalue weighted by molar-refractivity contribution is -0.147. The smallest absolute Gasteiger partial charge is 0.407 e. The molecular weight excluding hydrogens is 402 g/mol. The minimum absolute atomic E-state index is 0.00504. The number of esters is 1. The molecule has 1 N–H and O–H groups in total. The van der Waals surface area contributed by atoms with E-state index in [-0.39, 0.29) is 17.8 Å². The predicted molar refractivity (Wildman–Crippen MR) is 134 cm³/mol. The van der Waals surface area contributed by atoms with E-state index in [0.29, 0.717) is 13.2 Å². The van der Waals surface area contributed by atoms with Gasteiger partial charge < -0.3 is 14.8 Å². The fraction of sp³-hybridized carbons (Fsp3) is 0.926. The highest BCUT2D eigenvalue weighted by Gasteiger charge is 2.27. The summed E-state index contributed by atoms with van der Waals surface area (Å²) in [6.07, 6.45) is 18.4. The van der Waals surface area contributed by atoms with Gasteiger partial charge >= 0.3 is 12.1 Å². The summed E-state index contributed by atoms with van der Waals surface area (Å²) in [5.74, 6) is -0.0870. The average molecular weight is 456 g/mol. The number of ether oxygens (including phenoxy) is 2. The van der Waals surface area contributed by atoms with Gasteiger partial charge in [0.05, 0.1) is 13.2 Å². The highest BCUT2D eigenvalue weighted by atomic mass is 16.6. The molecule has 0 fully saturated rings. The van der Waals surface area contributed by atoms with Crippen molar-refractivity contribution in [3.8, 4) is 0 Å². The first-order chi connectivity index (χ1) is 15.4. The van der Waals surface area contributed by atoms with Crippen molar-refractivity contribution in [2.75, 3.05) is 13.2 Å². The second-order valence-electron chi connectivity index (χ2n) is 9.76. The van der Waals surface area contributed by atoms with Crippen LogP contribution in [0.15, 0.2) is 0 Å². The van der Waals surface area contributed by atoms with Gasteiger partial charge in [-0.05, 0) is 18.3 Å². The Bertz CT molecular complexity index is 453. The van der Waals surface area contributed by atoms with Crippen LogP contribution in [0.1, 0.15) is 131 Å². The SMILES string of the molecule is CCCCCCCCCCCCCCCCOC(=O)C(NC(=O)OCC(C)C)C(C)CC. The van der Waals surface area contributed by atoms with Gasteiger partial charge in [-0.3, -0.25) is 0 Å². The standard InChI is InChI=1S/C27H53NO4/c1-6-8-9-10-11-12-13-14-15-16-17-18-19-20-21-31-26(29)25(24(5)7-2)28-27(30)32-22-23(3)4/h23-25H,6-22H2,1-5H3,(H,28,30). The molecule has 0 aromatic rings. The highest BCUT2D eigenvalue weighted by molar-refractivity contribution is 5.81. The largest absolute Gasteiger partial charge is 0.464 e. The minimum atomic E-state index is -0.647. The van der Waals surface area contributed by atoms with E-state index in [2.05, 4.69) is 12.2 Å². The van der Waals surface area contributed by atoms with E-state index in [0.717, 1.165) is 19.3 Å². The van der Waals surface area contributed by atoms with E-state index in [9.17, 15) is 9.59 Å². The molecule has 0 saturated heterocycles. The molecule has 0 aromatic heterocycles. The number of nitrogens with one attached hydrogen (secondary N) is 1. The van der Waals surface area contributed by atoms with Crippen LogP contribution in [-0.2, 0) is 14.3 Å². The summed E-state index contributed by atoms with van der Waals surface area (Å²) < 4.78 is 10.6. The number of hydrogen-bond acceptors (Lipinski definition) is 4. The Morgan fingerprint density at radius 2 is 1.16 bits per heavy atom. The quantitative estimate of drug-likeness (QED) is 0.142. The van der Waals surface area contributed by atoms with Gasteiger partial charge in [-0.15, -0.1) is 0 Å². The summed E-state index contributed by atoms with van der Waals surface area (Å²) in [7, 11) is 0. The molecule has 1 amide bonds. The molecule has 32 heavy (non-hydrogen) atoms. The molecule has 0 radical (unpaired) electrons. The molecule has 5 heteroatoms. The molecule has 0 bridgehead atoms. The molecule has 190 valence electrons. The number of rotatable bonds is 21. The number of carbonyl (C=O) groups excluding carboxylic acids is 2. The number of alkyl carbamates (subject to hydrolysis) is 1. The third kappa shape index (κ3) is 18.3. The number of amides is 1. The van der Waals surface area contributed by atoms with Crippen molar-refractivity contribution in [2.45, 2.75) is 137 Å². The maximum absolute atomic E-state index is 12.5. The lowest BCUT2D eigenvalue weighted by atomic mass is 9.99. The molecule has 0 aliphatic carbocycles. The van der Waals surface area contributed by atoms with Crippen LogP contribution in [0.3, 0.4) is 0 Å². The maximum atomic E-state index is 12.5. The third-order valence-corrected chi connectivity index (χ3v) is 6.03. The monoisotopic (exact) mass is 455 g/mol. The zero-order valence-corrected chi connectivity index (χ0v) is 21.9.